The lowest BCUT2D eigenvalue weighted by Crippen LogP contribution is -2.48. The summed E-state index contributed by atoms with van der Waals surface area (Å²) in [6.07, 6.45) is 1.16. The van der Waals surface area contributed by atoms with E-state index in [2.05, 4.69) is 30.9 Å². The Labute approximate surface area is 183 Å². The zero-order chi connectivity index (χ0) is 23.0. The van der Waals surface area contributed by atoms with Crippen LogP contribution < -0.4 is 10.6 Å². The van der Waals surface area contributed by atoms with Crippen molar-refractivity contribution >= 4 is 17.6 Å². The second kappa shape index (κ2) is 11.1. The van der Waals surface area contributed by atoms with Crippen molar-refractivity contribution in [3.05, 3.63) is 52.4 Å². The smallest absolute Gasteiger partial charge is 0.348 e. The Morgan fingerprint density at radius 3 is 2.13 bits per heavy atom. The Balaban J connectivity index is 2.30. The number of nitriles is 1. The van der Waals surface area contributed by atoms with Gasteiger partial charge < -0.3 is 25.0 Å². The maximum absolute atomic E-state index is 12.5. The van der Waals surface area contributed by atoms with Crippen LogP contribution in [0.2, 0.25) is 0 Å². The third-order valence-electron chi connectivity index (χ3n) is 5.05. The minimum Gasteiger partial charge on any atom is -0.462 e. The van der Waals surface area contributed by atoms with Gasteiger partial charge >= 0.3 is 11.9 Å². The summed E-state index contributed by atoms with van der Waals surface area (Å²) >= 11 is 0. The van der Waals surface area contributed by atoms with E-state index in [0.29, 0.717) is 13.1 Å². The van der Waals surface area contributed by atoms with Gasteiger partial charge in [0.1, 0.15) is 23.0 Å². The fourth-order valence-corrected chi connectivity index (χ4v) is 3.58. The molecule has 1 aliphatic heterocycles. The highest BCUT2D eigenvalue weighted by Gasteiger charge is 2.25. The van der Waals surface area contributed by atoms with E-state index in [0.717, 1.165) is 19.2 Å². The SMILES string of the molecule is CCOC(=O)C(C#N)=CC(C(=O)OCC)=C(N)N1CCN(c2c(C)cccc2C)CC1. The molecule has 1 aromatic carbocycles. The molecule has 1 aliphatic rings. The molecule has 8 heteroatoms. The molecule has 166 valence electrons. The minimum atomic E-state index is -0.806. The van der Waals surface area contributed by atoms with Crippen molar-refractivity contribution in [1.29, 1.82) is 5.26 Å². The van der Waals surface area contributed by atoms with Gasteiger partial charge in [0.05, 0.1) is 13.2 Å². The summed E-state index contributed by atoms with van der Waals surface area (Å²) in [5.74, 6) is -1.31. The van der Waals surface area contributed by atoms with Crippen molar-refractivity contribution in [2.75, 3.05) is 44.3 Å². The van der Waals surface area contributed by atoms with Crippen LogP contribution in [-0.2, 0) is 19.1 Å². The summed E-state index contributed by atoms with van der Waals surface area (Å²) < 4.78 is 9.98. The lowest BCUT2D eigenvalue weighted by atomic mass is 10.1. The quantitative estimate of drug-likeness (QED) is 0.306. The number of esters is 2. The molecule has 1 heterocycles. The van der Waals surface area contributed by atoms with Gasteiger partial charge in [0.2, 0.25) is 0 Å². The minimum absolute atomic E-state index is 0.0213. The Hall–Kier alpha value is -3.47. The first kappa shape index (κ1) is 23.8. The number of nitrogens with zero attached hydrogens (tertiary/aromatic N) is 3. The monoisotopic (exact) mass is 426 g/mol. The summed E-state index contributed by atoms with van der Waals surface area (Å²) in [6.45, 7) is 10.3. The van der Waals surface area contributed by atoms with E-state index in [1.807, 2.05) is 11.0 Å². The van der Waals surface area contributed by atoms with Gasteiger partial charge in [-0.3, -0.25) is 0 Å². The number of anilines is 1. The number of benzene rings is 1. The van der Waals surface area contributed by atoms with Crippen molar-refractivity contribution in [2.24, 2.45) is 5.73 Å². The van der Waals surface area contributed by atoms with Crippen molar-refractivity contribution < 1.29 is 19.1 Å². The van der Waals surface area contributed by atoms with Crippen LogP contribution in [0.3, 0.4) is 0 Å². The van der Waals surface area contributed by atoms with E-state index in [1.54, 1.807) is 19.9 Å². The highest BCUT2D eigenvalue weighted by molar-refractivity contribution is 5.99. The maximum Gasteiger partial charge on any atom is 0.348 e. The number of hydrogen-bond acceptors (Lipinski definition) is 8. The number of piperazine rings is 1. The molecule has 0 bridgehead atoms. The molecule has 8 nitrogen and oxygen atoms in total. The van der Waals surface area contributed by atoms with E-state index in [-0.39, 0.29) is 30.2 Å². The summed E-state index contributed by atoms with van der Waals surface area (Å²) in [5.41, 5.74) is 9.63. The lowest BCUT2D eigenvalue weighted by Gasteiger charge is -2.39. The van der Waals surface area contributed by atoms with Gasteiger partial charge in [-0.15, -0.1) is 0 Å². The van der Waals surface area contributed by atoms with Crippen LogP contribution >= 0.6 is 0 Å². The fraction of sp³-hybridized carbons (Fsp3) is 0.435. The largest absolute Gasteiger partial charge is 0.462 e. The Kier molecular flexibility index (Phi) is 8.50. The Bertz CT molecular complexity index is 902. The number of rotatable bonds is 7. The number of hydrogen-bond donors (Lipinski definition) is 1. The molecule has 1 saturated heterocycles. The Morgan fingerprint density at radius 1 is 1.06 bits per heavy atom. The molecule has 0 spiro atoms. The molecule has 0 radical (unpaired) electrons. The van der Waals surface area contributed by atoms with Gasteiger partial charge in [-0.1, -0.05) is 18.2 Å². The molecule has 0 atom stereocenters. The highest BCUT2D eigenvalue weighted by atomic mass is 16.5. The maximum atomic E-state index is 12.5. The van der Waals surface area contributed by atoms with Gasteiger partial charge in [-0.2, -0.15) is 5.26 Å². The molecule has 0 aliphatic carbocycles. The molecule has 31 heavy (non-hydrogen) atoms. The second-order valence-corrected chi connectivity index (χ2v) is 7.12. The molecule has 1 fully saturated rings. The normalized spacial score (nSPS) is 15.1. The van der Waals surface area contributed by atoms with Gasteiger partial charge in [0.15, 0.2) is 0 Å². The van der Waals surface area contributed by atoms with E-state index < -0.39 is 11.9 Å². The van der Waals surface area contributed by atoms with Gasteiger partial charge in [0, 0.05) is 31.9 Å². The van der Waals surface area contributed by atoms with E-state index >= 15 is 0 Å². The first-order valence-corrected chi connectivity index (χ1v) is 10.4. The number of ether oxygens (including phenoxy) is 2. The average Bonchev–Trinajstić information content (AvgIpc) is 2.74. The van der Waals surface area contributed by atoms with Gasteiger partial charge in [-0.25, -0.2) is 9.59 Å². The summed E-state index contributed by atoms with van der Waals surface area (Å²) in [7, 11) is 0. The second-order valence-electron chi connectivity index (χ2n) is 7.12. The van der Waals surface area contributed by atoms with Gasteiger partial charge in [-0.05, 0) is 44.9 Å². The molecule has 0 unspecified atom stereocenters. The van der Waals surface area contributed by atoms with Crippen molar-refractivity contribution in [2.45, 2.75) is 27.7 Å². The predicted molar refractivity (Wildman–Crippen MR) is 118 cm³/mol. The van der Waals surface area contributed by atoms with Gasteiger partial charge in [0.25, 0.3) is 0 Å². The average molecular weight is 427 g/mol. The van der Waals surface area contributed by atoms with Crippen LogP contribution in [0.4, 0.5) is 5.69 Å². The third kappa shape index (κ3) is 5.79. The summed E-state index contributed by atoms with van der Waals surface area (Å²) in [4.78, 5) is 28.7. The zero-order valence-electron chi connectivity index (χ0n) is 18.6. The standard InChI is InChI=1S/C23H30N4O4/c1-5-30-22(28)18(15-24)14-19(23(29)31-6-2)21(25)27-12-10-26(11-13-27)20-16(3)8-7-9-17(20)4/h7-9,14H,5-6,10-13,25H2,1-4H3. The van der Waals surface area contributed by atoms with E-state index in [9.17, 15) is 14.9 Å². The summed E-state index contributed by atoms with van der Waals surface area (Å²) in [5, 5.41) is 9.33. The topological polar surface area (TPSA) is 109 Å². The first-order valence-electron chi connectivity index (χ1n) is 10.4. The molecule has 0 aromatic heterocycles. The fourth-order valence-electron chi connectivity index (χ4n) is 3.58. The molecule has 0 amide bonds. The number of para-hydroxylation sites is 1. The number of carbonyl (C=O) groups excluding carboxylic acids is 2. The Morgan fingerprint density at radius 2 is 1.61 bits per heavy atom. The van der Waals surface area contributed by atoms with Crippen molar-refractivity contribution in [1.82, 2.24) is 4.90 Å². The van der Waals surface area contributed by atoms with Crippen molar-refractivity contribution in [3.63, 3.8) is 0 Å². The molecular weight excluding hydrogens is 396 g/mol. The van der Waals surface area contributed by atoms with Crippen LogP contribution in [0.15, 0.2) is 41.2 Å². The molecular formula is C23H30N4O4. The molecule has 2 rings (SSSR count). The van der Waals surface area contributed by atoms with Crippen LogP contribution in [0, 0.1) is 25.2 Å². The number of carbonyl (C=O) groups is 2. The van der Waals surface area contributed by atoms with Crippen molar-refractivity contribution in [3.8, 4) is 6.07 Å². The van der Waals surface area contributed by atoms with Crippen LogP contribution in [0.1, 0.15) is 25.0 Å². The zero-order valence-corrected chi connectivity index (χ0v) is 18.6. The molecule has 2 N–H and O–H groups in total. The lowest BCUT2D eigenvalue weighted by molar-refractivity contribution is -0.138. The molecule has 1 aromatic rings. The highest BCUT2D eigenvalue weighted by Crippen LogP contribution is 2.26. The number of nitrogens with two attached hydrogens (primary N) is 1. The van der Waals surface area contributed by atoms with Crippen LogP contribution in [0.25, 0.3) is 0 Å². The summed E-state index contributed by atoms with van der Waals surface area (Å²) in [6, 6.07) is 7.99. The van der Waals surface area contributed by atoms with Crippen LogP contribution in [-0.4, -0.2) is 56.2 Å². The third-order valence-corrected chi connectivity index (χ3v) is 5.05. The van der Waals surface area contributed by atoms with E-state index in [4.69, 9.17) is 15.2 Å². The first-order chi connectivity index (χ1) is 14.8. The van der Waals surface area contributed by atoms with Crippen LogP contribution in [0.5, 0.6) is 0 Å². The number of aryl methyl sites for hydroxylation is 2. The van der Waals surface area contributed by atoms with E-state index in [1.165, 1.54) is 16.8 Å². The predicted octanol–water partition coefficient (Wildman–Crippen LogP) is 2.17. The molecule has 0 saturated carbocycles.